The number of aromatic nitrogens is 1. The Bertz CT molecular complexity index is 741. The molecule has 0 unspecified atom stereocenters. The monoisotopic (exact) mass is 430 g/mol. The van der Waals surface area contributed by atoms with Gasteiger partial charge in [-0.25, -0.2) is 0 Å². The molecule has 128 valence electrons. The molecular weight excluding hydrogens is 415 g/mol. The summed E-state index contributed by atoms with van der Waals surface area (Å²) >= 11 is 15.4. The Morgan fingerprint density at radius 3 is 2.71 bits per heavy atom. The van der Waals surface area contributed by atoms with Crippen molar-refractivity contribution in [3.8, 4) is 5.75 Å². The second-order valence-corrected chi connectivity index (χ2v) is 6.90. The van der Waals surface area contributed by atoms with E-state index in [2.05, 4.69) is 20.9 Å². The van der Waals surface area contributed by atoms with E-state index in [4.69, 9.17) is 27.9 Å². The highest BCUT2D eigenvalue weighted by Gasteiger charge is 2.15. The van der Waals surface area contributed by atoms with Crippen LogP contribution in [0, 0.1) is 6.92 Å². The zero-order valence-electron chi connectivity index (χ0n) is 13.4. The molecule has 4 nitrogen and oxygen atoms in total. The summed E-state index contributed by atoms with van der Waals surface area (Å²) < 4.78 is 6.52. The summed E-state index contributed by atoms with van der Waals surface area (Å²) in [4.78, 5) is 18.2. The number of hydrogen-bond donors (Lipinski definition) is 0. The number of amides is 1. The van der Waals surface area contributed by atoms with Crippen molar-refractivity contribution < 1.29 is 9.53 Å². The summed E-state index contributed by atoms with van der Waals surface area (Å²) in [6.45, 7) is 5.16. The van der Waals surface area contributed by atoms with Crippen LogP contribution in [0.3, 0.4) is 0 Å². The Hall–Kier alpha value is -1.30. The average molecular weight is 432 g/mol. The highest BCUT2D eigenvalue weighted by molar-refractivity contribution is 9.10. The number of likely N-dealkylation sites (N-methyl/N-ethyl adjacent to an activating group) is 1. The van der Waals surface area contributed by atoms with Crippen LogP contribution < -0.4 is 4.74 Å². The van der Waals surface area contributed by atoms with Crippen molar-refractivity contribution in [2.24, 2.45) is 0 Å². The third-order valence-electron chi connectivity index (χ3n) is 3.50. The number of rotatable bonds is 6. The van der Waals surface area contributed by atoms with E-state index in [0.717, 1.165) is 10.0 Å². The fourth-order valence-corrected chi connectivity index (χ4v) is 2.99. The molecule has 0 spiro atoms. The van der Waals surface area contributed by atoms with Crippen LogP contribution in [0.1, 0.15) is 22.8 Å². The number of carbonyl (C=O) groups excluding carboxylic acids is 1. The van der Waals surface area contributed by atoms with Gasteiger partial charge in [0.1, 0.15) is 12.4 Å². The molecule has 1 heterocycles. The van der Waals surface area contributed by atoms with Gasteiger partial charge in [-0.15, -0.1) is 0 Å². The summed E-state index contributed by atoms with van der Waals surface area (Å²) in [5.74, 6) is 0.538. The second-order valence-electron chi connectivity index (χ2n) is 5.14. The molecule has 0 saturated heterocycles. The third kappa shape index (κ3) is 4.85. The Balaban J connectivity index is 2.00. The van der Waals surface area contributed by atoms with E-state index < -0.39 is 0 Å². The van der Waals surface area contributed by atoms with Crippen molar-refractivity contribution in [1.82, 2.24) is 9.88 Å². The minimum Gasteiger partial charge on any atom is -0.491 e. The molecule has 0 radical (unpaired) electrons. The molecule has 0 atom stereocenters. The van der Waals surface area contributed by atoms with Crippen molar-refractivity contribution in [2.45, 2.75) is 13.8 Å². The standard InChI is InChI=1S/C17H17BrCl2N2O2/c1-3-22(17(23)12-6-13(18)10-21-9-12)4-5-24-16-8-14(19)7-15(20)11(16)2/h6-10H,3-5H2,1-2H3. The highest BCUT2D eigenvalue weighted by atomic mass is 79.9. The Morgan fingerprint density at radius 2 is 2.04 bits per heavy atom. The van der Waals surface area contributed by atoms with E-state index in [1.807, 2.05) is 13.8 Å². The fraction of sp³-hybridized carbons (Fsp3) is 0.294. The van der Waals surface area contributed by atoms with E-state index in [9.17, 15) is 4.79 Å². The maximum absolute atomic E-state index is 12.5. The summed E-state index contributed by atoms with van der Waals surface area (Å²) in [5, 5.41) is 1.07. The molecule has 0 N–H and O–H groups in total. The van der Waals surface area contributed by atoms with E-state index >= 15 is 0 Å². The van der Waals surface area contributed by atoms with Gasteiger partial charge < -0.3 is 9.64 Å². The minimum atomic E-state index is -0.0873. The number of ether oxygens (including phenoxy) is 1. The maximum atomic E-state index is 12.5. The first-order valence-electron chi connectivity index (χ1n) is 7.40. The molecule has 0 bridgehead atoms. The largest absolute Gasteiger partial charge is 0.491 e. The molecule has 0 saturated carbocycles. The van der Waals surface area contributed by atoms with Crippen molar-refractivity contribution >= 4 is 45.0 Å². The van der Waals surface area contributed by atoms with E-state index in [0.29, 0.717) is 41.1 Å². The number of benzene rings is 1. The van der Waals surface area contributed by atoms with Crippen LogP contribution >= 0.6 is 39.1 Å². The highest BCUT2D eigenvalue weighted by Crippen LogP contribution is 2.30. The van der Waals surface area contributed by atoms with Gasteiger partial charge in [0.05, 0.1) is 12.1 Å². The summed E-state index contributed by atoms with van der Waals surface area (Å²) in [7, 11) is 0. The van der Waals surface area contributed by atoms with Gasteiger partial charge in [-0.3, -0.25) is 9.78 Å². The lowest BCUT2D eigenvalue weighted by molar-refractivity contribution is 0.0739. The van der Waals surface area contributed by atoms with Gasteiger partial charge in [-0.05, 0) is 48.0 Å². The number of carbonyl (C=O) groups is 1. The molecule has 24 heavy (non-hydrogen) atoms. The van der Waals surface area contributed by atoms with Crippen LogP contribution in [-0.4, -0.2) is 35.5 Å². The molecule has 2 aromatic rings. The van der Waals surface area contributed by atoms with Crippen LogP contribution in [0.2, 0.25) is 10.0 Å². The van der Waals surface area contributed by atoms with Crippen molar-refractivity contribution in [1.29, 1.82) is 0 Å². The lowest BCUT2D eigenvalue weighted by atomic mass is 10.2. The predicted molar refractivity (Wildman–Crippen MR) is 100 cm³/mol. The lowest BCUT2D eigenvalue weighted by Gasteiger charge is -2.21. The Labute approximate surface area is 159 Å². The smallest absolute Gasteiger partial charge is 0.255 e. The van der Waals surface area contributed by atoms with Crippen molar-refractivity contribution in [3.63, 3.8) is 0 Å². The molecule has 0 aliphatic heterocycles. The summed E-state index contributed by atoms with van der Waals surface area (Å²) in [6.07, 6.45) is 3.19. The van der Waals surface area contributed by atoms with Crippen LogP contribution in [0.5, 0.6) is 5.75 Å². The van der Waals surface area contributed by atoms with Crippen molar-refractivity contribution in [3.05, 3.63) is 56.2 Å². The van der Waals surface area contributed by atoms with Gasteiger partial charge in [0, 0.05) is 39.0 Å². The first-order valence-corrected chi connectivity index (χ1v) is 8.95. The zero-order valence-corrected chi connectivity index (χ0v) is 16.5. The maximum Gasteiger partial charge on any atom is 0.255 e. The van der Waals surface area contributed by atoms with Gasteiger partial charge in [0.15, 0.2) is 0 Å². The molecule has 1 amide bonds. The molecule has 7 heteroatoms. The van der Waals surface area contributed by atoms with Gasteiger partial charge >= 0.3 is 0 Å². The minimum absolute atomic E-state index is 0.0873. The number of hydrogen-bond acceptors (Lipinski definition) is 3. The topological polar surface area (TPSA) is 42.4 Å². The van der Waals surface area contributed by atoms with E-state index in [-0.39, 0.29) is 5.91 Å². The van der Waals surface area contributed by atoms with Gasteiger partial charge in [0.25, 0.3) is 5.91 Å². The van der Waals surface area contributed by atoms with Crippen molar-refractivity contribution in [2.75, 3.05) is 19.7 Å². The number of pyridine rings is 1. The van der Waals surface area contributed by atoms with E-state index in [1.165, 1.54) is 0 Å². The van der Waals surface area contributed by atoms with Crippen LogP contribution in [0.15, 0.2) is 35.1 Å². The molecule has 2 rings (SSSR count). The molecule has 1 aromatic carbocycles. The summed E-state index contributed by atoms with van der Waals surface area (Å²) in [5.41, 5.74) is 1.36. The number of halogens is 3. The molecule has 0 fully saturated rings. The van der Waals surface area contributed by atoms with Gasteiger partial charge in [-0.1, -0.05) is 23.2 Å². The average Bonchev–Trinajstić information content (AvgIpc) is 2.55. The SMILES string of the molecule is CCN(CCOc1cc(Cl)cc(Cl)c1C)C(=O)c1cncc(Br)c1. The summed E-state index contributed by atoms with van der Waals surface area (Å²) in [6, 6.07) is 5.15. The zero-order chi connectivity index (χ0) is 17.7. The Kier molecular flexibility index (Phi) is 6.90. The predicted octanol–water partition coefficient (Wildman–Crippen LogP) is 5.00. The second kappa shape index (κ2) is 8.70. The van der Waals surface area contributed by atoms with Crippen LogP contribution in [0.25, 0.3) is 0 Å². The Morgan fingerprint density at radius 1 is 1.29 bits per heavy atom. The van der Waals surface area contributed by atoms with Crippen LogP contribution in [0.4, 0.5) is 0 Å². The van der Waals surface area contributed by atoms with Gasteiger partial charge in [0.2, 0.25) is 0 Å². The first kappa shape index (κ1) is 19.0. The first-order chi connectivity index (χ1) is 11.4. The number of nitrogens with zero attached hydrogens (tertiary/aromatic N) is 2. The quantitative estimate of drug-likeness (QED) is 0.646. The molecule has 1 aromatic heterocycles. The normalized spacial score (nSPS) is 10.5. The third-order valence-corrected chi connectivity index (χ3v) is 4.55. The fourth-order valence-electron chi connectivity index (χ4n) is 2.15. The molecular formula is C17H17BrCl2N2O2. The molecule has 0 aliphatic rings. The van der Waals surface area contributed by atoms with E-state index in [1.54, 1.807) is 35.5 Å². The lowest BCUT2D eigenvalue weighted by Crippen LogP contribution is -2.34. The van der Waals surface area contributed by atoms with Gasteiger partial charge in [-0.2, -0.15) is 0 Å². The van der Waals surface area contributed by atoms with Crippen LogP contribution in [-0.2, 0) is 0 Å². The molecule has 0 aliphatic carbocycles.